The highest BCUT2D eigenvalue weighted by Gasteiger charge is 2.33. The van der Waals surface area contributed by atoms with E-state index in [9.17, 15) is 5.11 Å². The average molecular weight is 247 g/mol. The van der Waals surface area contributed by atoms with Crippen LogP contribution in [0.25, 0.3) is 0 Å². The summed E-state index contributed by atoms with van der Waals surface area (Å²) in [6.45, 7) is 5.37. The van der Waals surface area contributed by atoms with Crippen LogP contribution < -0.4 is 4.90 Å². The van der Waals surface area contributed by atoms with E-state index in [1.807, 2.05) is 26.0 Å². The minimum atomic E-state index is -0.306. The molecule has 2 heterocycles. The number of aliphatic hydroxyl groups is 1. The molecule has 0 bridgehead atoms. The maximum absolute atomic E-state index is 9.26. The third-order valence-corrected chi connectivity index (χ3v) is 2.91. The number of nitrogens with zero attached hydrogens (tertiary/aromatic N) is 3. The van der Waals surface area contributed by atoms with Gasteiger partial charge in [0.05, 0.1) is 30.2 Å². The first-order chi connectivity index (χ1) is 8.54. The number of hydrogen-bond acceptors (Lipinski definition) is 5. The molecular weight excluding hydrogens is 230 g/mol. The van der Waals surface area contributed by atoms with Crippen LogP contribution in [0.15, 0.2) is 18.3 Å². The van der Waals surface area contributed by atoms with Crippen molar-refractivity contribution in [3.8, 4) is 6.07 Å². The SMILES string of the molecule is CC1(C)CN(c2ccc(C#N)nc2)CC(CO)O1. The minimum Gasteiger partial charge on any atom is -0.394 e. The first-order valence-corrected chi connectivity index (χ1v) is 5.94. The van der Waals surface area contributed by atoms with E-state index in [1.165, 1.54) is 0 Å². The fourth-order valence-corrected chi connectivity index (χ4v) is 2.23. The second-order valence-electron chi connectivity index (χ2n) is 5.08. The molecule has 0 aliphatic carbocycles. The van der Waals surface area contributed by atoms with Crippen LogP contribution in [0.5, 0.6) is 0 Å². The summed E-state index contributed by atoms with van der Waals surface area (Å²) in [5.74, 6) is 0. The van der Waals surface area contributed by atoms with E-state index >= 15 is 0 Å². The van der Waals surface area contributed by atoms with Crippen molar-refractivity contribution in [2.75, 3.05) is 24.6 Å². The Hall–Kier alpha value is -1.64. The fraction of sp³-hybridized carbons (Fsp3) is 0.538. The highest BCUT2D eigenvalue weighted by Crippen LogP contribution is 2.25. The zero-order chi connectivity index (χ0) is 13.2. The number of aliphatic hydroxyl groups excluding tert-OH is 1. The standard InChI is InChI=1S/C13H17N3O2/c1-13(2)9-16(7-12(8-17)18-13)11-4-3-10(5-14)15-6-11/h3-4,6,12,17H,7-9H2,1-2H3. The minimum absolute atomic E-state index is 0.00361. The molecule has 0 saturated carbocycles. The number of nitriles is 1. The maximum atomic E-state index is 9.26. The summed E-state index contributed by atoms with van der Waals surface area (Å²) in [7, 11) is 0. The van der Waals surface area contributed by atoms with Crippen molar-refractivity contribution in [2.45, 2.75) is 25.6 Å². The van der Waals surface area contributed by atoms with Crippen LogP contribution in [0, 0.1) is 11.3 Å². The van der Waals surface area contributed by atoms with Gasteiger partial charge in [-0.25, -0.2) is 4.98 Å². The third-order valence-electron chi connectivity index (χ3n) is 2.91. The lowest BCUT2D eigenvalue weighted by atomic mass is 10.0. The number of aromatic nitrogens is 1. The van der Waals surface area contributed by atoms with Crippen molar-refractivity contribution in [3.05, 3.63) is 24.0 Å². The molecule has 1 aromatic heterocycles. The Morgan fingerprint density at radius 2 is 2.39 bits per heavy atom. The molecule has 1 aromatic rings. The zero-order valence-electron chi connectivity index (χ0n) is 10.6. The van der Waals surface area contributed by atoms with E-state index in [-0.39, 0.29) is 18.3 Å². The molecule has 2 rings (SSSR count). The highest BCUT2D eigenvalue weighted by molar-refractivity contribution is 5.46. The average Bonchev–Trinajstić information content (AvgIpc) is 2.37. The van der Waals surface area contributed by atoms with E-state index in [1.54, 1.807) is 12.3 Å². The van der Waals surface area contributed by atoms with Crippen molar-refractivity contribution < 1.29 is 9.84 Å². The molecule has 1 unspecified atom stereocenters. The van der Waals surface area contributed by atoms with Crippen LogP contribution in [0.1, 0.15) is 19.5 Å². The summed E-state index contributed by atoms with van der Waals surface area (Å²) in [6.07, 6.45) is 1.50. The van der Waals surface area contributed by atoms with Gasteiger partial charge >= 0.3 is 0 Å². The molecule has 18 heavy (non-hydrogen) atoms. The lowest BCUT2D eigenvalue weighted by Crippen LogP contribution is -2.54. The maximum Gasteiger partial charge on any atom is 0.140 e. The molecule has 1 aliphatic heterocycles. The second kappa shape index (κ2) is 4.92. The van der Waals surface area contributed by atoms with Crippen molar-refractivity contribution >= 4 is 5.69 Å². The summed E-state index contributed by atoms with van der Waals surface area (Å²) in [6, 6.07) is 5.58. The van der Waals surface area contributed by atoms with Gasteiger partial charge in [0.2, 0.25) is 0 Å². The van der Waals surface area contributed by atoms with Gasteiger partial charge < -0.3 is 14.7 Å². The Balaban J connectivity index is 2.18. The predicted molar refractivity (Wildman–Crippen MR) is 67.2 cm³/mol. The summed E-state index contributed by atoms with van der Waals surface area (Å²) < 4.78 is 5.76. The van der Waals surface area contributed by atoms with Crippen LogP contribution in [0.2, 0.25) is 0 Å². The van der Waals surface area contributed by atoms with Crippen molar-refractivity contribution in [2.24, 2.45) is 0 Å². The van der Waals surface area contributed by atoms with Crippen LogP contribution in [-0.2, 0) is 4.74 Å². The normalized spacial score (nSPS) is 22.6. The van der Waals surface area contributed by atoms with Gasteiger partial charge in [-0.3, -0.25) is 0 Å². The number of pyridine rings is 1. The first-order valence-electron chi connectivity index (χ1n) is 5.94. The smallest absolute Gasteiger partial charge is 0.140 e. The van der Waals surface area contributed by atoms with Crippen LogP contribution >= 0.6 is 0 Å². The van der Waals surface area contributed by atoms with E-state index < -0.39 is 0 Å². The Morgan fingerprint density at radius 3 is 2.94 bits per heavy atom. The lowest BCUT2D eigenvalue weighted by molar-refractivity contribution is -0.101. The molecule has 5 heteroatoms. The van der Waals surface area contributed by atoms with Crippen LogP contribution in [0.4, 0.5) is 5.69 Å². The molecule has 1 N–H and O–H groups in total. The highest BCUT2D eigenvalue weighted by atomic mass is 16.5. The number of rotatable bonds is 2. The summed E-state index contributed by atoms with van der Waals surface area (Å²) in [4.78, 5) is 6.19. The second-order valence-corrected chi connectivity index (χ2v) is 5.08. The number of hydrogen-bond donors (Lipinski definition) is 1. The molecular formula is C13H17N3O2. The summed E-state index contributed by atoms with van der Waals surface area (Å²) in [5, 5.41) is 18.0. The van der Waals surface area contributed by atoms with Gasteiger partial charge in [-0.1, -0.05) is 0 Å². The number of ether oxygens (including phenoxy) is 1. The molecule has 0 amide bonds. The fourth-order valence-electron chi connectivity index (χ4n) is 2.23. The van der Waals surface area contributed by atoms with E-state index in [2.05, 4.69) is 9.88 Å². The molecule has 1 saturated heterocycles. The summed E-state index contributed by atoms with van der Waals surface area (Å²) in [5.41, 5.74) is 1.05. The van der Waals surface area contributed by atoms with Gasteiger partial charge in [0.25, 0.3) is 0 Å². The van der Waals surface area contributed by atoms with Gasteiger partial charge in [0, 0.05) is 13.1 Å². The number of morpholine rings is 1. The molecule has 0 radical (unpaired) electrons. The van der Waals surface area contributed by atoms with Gasteiger partial charge in [0.15, 0.2) is 0 Å². The molecule has 96 valence electrons. The zero-order valence-corrected chi connectivity index (χ0v) is 10.6. The van der Waals surface area contributed by atoms with Crippen LogP contribution in [-0.4, -0.2) is 41.5 Å². The molecule has 0 aromatic carbocycles. The Morgan fingerprint density at radius 1 is 1.61 bits per heavy atom. The van der Waals surface area contributed by atoms with Crippen molar-refractivity contribution in [1.29, 1.82) is 5.26 Å². The Bertz CT molecular complexity index is 450. The summed E-state index contributed by atoms with van der Waals surface area (Å²) >= 11 is 0. The number of anilines is 1. The van der Waals surface area contributed by atoms with E-state index in [0.717, 1.165) is 12.2 Å². The van der Waals surface area contributed by atoms with E-state index in [0.29, 0.717) is 12.2 Å². The van der Waals surface area contributed by atoms with E-state index in [4.69, 9.17) is 10.00 Å². The third kappa shape index (κ3) is 2.78. The van der Waals surface area contributed by atoms with Crippen molar-refractivity contribution in [3.63, 3.8) is 0 Å². The Kier molecular flexibility index (Phi) is 3.50. The monoisotopic (exact) mass is 247 g/mol. The Labute approximate surface area is 107 Å². The van der Waals surface area contributed by atoms with Crippen LogP contribution in [0.3, 0.4) is 0 Å². The van der Waals surface area contributed by atoms with Crippen molar-refractivity contribution in [1.82, 2.24) is 4.98 Å². The van der Waals surface area contributed by atoms with Gasteiger partial charge in [-0.15, -0.1) is 0 Å². The molecule has 5 nitrogen and oxygen atoms in total. The molecule has 0 spiro atoms. The quantitative estimate of drug-likeness (QED) is 0.842. The largest absolute Gasteiger partial charge is 0.394 e. The van der Waals surface area contributed by atoms with Gasteiger partial charge in [-0.2, -0.15) is 5.26 Å². The molecule has 1 fully saturated rings. The molecule has 1 atom stereocenters. The predicted octanol–water partition coefficient (Wildman–Crippen LogP) is 0.929. The molecule has 1 aliphatic rings. The lowest BCUT2D eigenvalue weighted by Gasteiger charge is -2.43. The van der Waals surface area contributed by atoms with Gasteiger partial charge in [0.1, 0.15) is 11.8 Å². The topological polar surface area (TPSA) is 69.4 Å². The van der Waals surface area contributed by atoms with Gasteiger partial charge in [-0.05, 0) is 26.0 Å². The first kappa shape index (κ1) is 12.8.